The van der Waals surface area contributed by atoms with E-state index < -0.39 is 0 Å². The third-order valence-corrected chi connectivity index (χ3v) is 3.16. The second kappa shape index (κ2) is 6.82. The summed E-state index contributed by atoms with van der Waals surface area (Å²) in [6.45, 7) is 10.6. The maximum atomic E-state index is 5.13. The number of rotatable bonds is 8. The number of ether oxygens (including phenoxy) is 1. The molecule has 0 saturated heterocycles. The van der Waals surface area contributed by atoms with Crippen LogP contribution >= 0.6 is 0 Å². The van der Waals surface area contributed by atoms with Gasteiger partial charge in [-0.05, 0) is 30.9 Å². The standard InChI is InChI=1S/C14H26N2O/c1-5-16-9-6-7-13(16)11-15-12-14(2,3)8-10-17-4/h6-7,9,15H,5,8,10-12H2,1-4H3. The fourth-order valence-electron chi connectivity index (χ4n) is 1.91. The second-order valence-corrected chi connectivity index (χ2v) is 5.30. The highest BCUT2D eigenvalue weighted by atomic mass is 16.5. The van der Waals surface area contributed by atoms with Gasteiger partial charge in [-0.1, -0.05) is 13.8 Å². The van der Waals surface area contributed by atoms with Gasteiger partial charge in [0.05, 0.1) is 0 Å². The van der Waals surface area contributed by atoms with E-state index in [1.807, 2.05) is 0 Å². The first-order chi connectivity index (χ1) is 8.09. The van der Waals surface area contributed by atoms with Gasteiger partial charge in [0.1, 0.15) is 0 Å². The molecule has 1 heterocycles. The quantitative estimate of drug-likeness (QED) is 0.753. The molecule has 0 fully saturated rings. The largest absolute Gasteiger partial charge is 0.385 e. The summed E-state index contributed by atoms with van der Waals surface area (Å²) in [5.41, 5.74) is 1.65. The fourth-order valence-corrected chi connectivity index (χ4v) is 1.91. The van der Waals surface area contributed by atoms with Crippen LogP contribution in [0.3, 0.4) is 0 Å². The molecule has 0 unspecified atom stereocenters. The minimum Gasteiger partial charge on any atom is -0.385 e. The third kappa shape index (κ3) is 4.92. The van der Waals surface area contributed by atoms with E-state index in [0.717, 1.165) is 32.7 Å². The third-order valence-electron chi connectivity index (χ3n) is 3.16. The number of aryl methyl sites for hydroxylation is 1. The summed E-state index contributed by atoms with van der Waals surface area (Å²) in [4.78, 5) is 0. The predicted octanol–water partition coefficient (Wildman–Crippen LogP) is 2.66. The van der Waals surface area contributed by atoms with Crippen LogP contribution in [0.25, 0.3) is 0 Å². The zero-order valence-electron chi connectivity index (χ0n) is 11.6. The Balaban J connectivity index is 2.32. The van der Waals surface area contributed by atoms with Crippen molar-refractivity contribution in [3.05, 3.63) is 24.0 Å². The van der Waals surface area contributed by atoms with E-state index in [-0.39, 0.29) is 0 Å². The molecule has 1 rings (SSSR count). The number of nitrogens with one attached hydrogen (secondary N) is 1. The Morgan fingerprint density at radius 3 is 2.82 bits per heavy atom. The average Bonchev–Trinajstić information content (AvgIpc) is 2.74. The van der Waals surface area contributed by atoms with E-state index in [0.29, 0.717) is 5.41 Å². The molecule has 0 saturated carbocycles. The number of hydrogen-bond acceptors (Lipinski definition) is 2. The van der Waals surface area contributed by atoms with Crippen LogP contribution in [-0.2, 0) is 17.8 Å². The van der Waals surface area contributed by atoms with Crippen LogP contribution in [0.2, 0.25) is 0 Å². The Morgan fingerprint density at radius 1 is 1.41 bits per heavy atom. The summed E-state index contributed by atoms with van der Waals surface area (Å²) in [7, 11) is 1.76. The van der Waals surface area contributed by atoms with Crippen molar-refractivity contribution in [1.82, 2.24) is 9.88 Å². The highest BCUT2D eigenvalue weighted by molar-refractivity contribution is 5.06. The van der Waals surface area contributed by atoms with Crippen molar-refractivity contribution in [1.29, 1.82) is 0 Å². The molecule has 0 radical (unpaired) electrons. The number of methoxy groups -OCH3 is 1. The van der Waals surface area contributed by atoms with Crippen molar-refractivity contribution in [3.63, 3.8) is 0 Å². The van der Waals surface area contributed by atoms with Crippen LogP contribution in [-0.4, -0.2) is 24.8 Å². The highest BCUT2D eigenvalue weighted by Gasteiger charge is 2.16. The Labute approximate surface area is 105 Å². The van der Waals surface area contributed by atoms with Gasteiger partial charge in [0, 0.05) is 45.2 Å². The summed E-state index contributed by atoms with van der Waals surface area (Å²) in [6.07, 6.45) is 3.22. The first-order valence-corrected chi connectivity index (χ1v) is 6.43. The van der Waals surface area contributed by atoms with Gasteiger partial charge in [0.15, 0.2) is 0 Å². The molecule has 0 aromatic carbocycles. The van der Waals surface area contributed by atoms with Crippen molar-refractivity contribution < 1.29 is 4.74 Å². The van der Waals surface area contributed by atoms with Gasteiger partial charge in [0.2, 0.25) is 0 Å². The van der Waals surface area contributed by atoms with Gasteiger partial charge in [-0.25, -0.2) is 0 Å². The molecule has 0 aliphatic rings. The molecule has 0 spiro atoms. The van der Waals surface area contributed by atoms with Gasteiger partial charge in [-0.3, -0.25) is 0 Å². The van der Waals surface area contributed by atoms with Gasteiger partial charge in [-0.2, -0.15) is 0 Å². The van der Waals surface area contributed by atoms with Crippen molar-refractivity contribution >= 4 is 0 Å². The average molecular weight is 238 g/mol. The summed E-state index contributed by atoms with van der Waals surface area (Å²) >= 11 is 0. The van der Waals surface area contributed by atoms with E-state index in [9.17, 15) is 0 Å². The van der Waals surface area contributed by atoms with Gasteiger partial charge in [-0.15, -0.1) is 0 Å². The molecule has 17 heavy (non-hydrogen) atoms. The Bertz CT molecular complexity index is 318. The first kappa shape index (κ1) is 14.3. The van der Waals surface area contributed by atoms with Crippen molar-refractivity contribution in [2.24, 2.45) is 5.41 Å². The Hall–Kier alpha value is -0.800. The van der Waals surface area contributed by atoms with Crippen LogP contribution in [0.4, 0.5) is 0 Å². The Morgan fingerprint density at radius 2 is 2.18 bits per heavy atom. The molecule has 0 bridgehead atoms. The lowest BCUT2D eigenvalue weighted by atomic mass is 9.90. The van der Waals surface area contributed by atoms with E-state index in [2.05, 4.69) is 49.0 Å². The summed E-state index contributed by atoms with van der Waals surface area (Å²) in [6, 6.07) is 4.29. The van der Waals surface area contributed by atoms with E-state index >= 15 is 0 Å². The normalized spacial score (nSPS) is 12.0. The number of hydrogen-bond donors (Lipinski definition) is 1. The van der Waals surface area contributed by atoms with Crippen molar-refractivity contribution in [2.45, 2.75) is 40.3 Å². The molecule has 0 aliphatic carbocycles. The molecule has 3 heteroatoms. The summed E-state index contributed by atoms with van der Waals surface area (Å²) < 4.78 is 7.41. The summed E-state index contributed by atoms with van der Waals surface area (Å²) in [5, 5.41) is 3.54. The predicted molar refractivity (Wildman–Crippen MR) is 72.1 cm³/mol. The zero-order valence-corrected chi connectivity index (χ0v) is 11.6. The minimum absolute atomic E-state index is 0.291. The smallest absolute Gasteiger partial charge is 0.0467 e. The minimum atomic E-state index is 0.291. The molecular formula is C14H26N2O. The van der Waals surface area contributed by atoms with Crippen LogP contribution in [0, 0.1) is 5.41 Å². The monoisotopic (exact) mass is 238 g/mol. The van der Waals surface area contributed by atoms with E-state index in [1.54, 1.807) is 7.11 Å². The molecule has 1 aromatic heterocycles. The first-order valence-electron chi connectivity index (χ1n) is 6.43. The van der Waals surface area contributed by atoms with E-state index in [4.69, 9.17) is 4.74 Å². The lowest BCUT2D eigenvalue weighted by molar-refractivity contribution is 0.150. The molecule has 3 nitrogen and oxygen atoms in total. The van der Waals surface area contributed by atoms with Gasteiger partial charge < -0.3 is 14.6 Å². The van der Waals surface area contributed by atoms with Crippen LogP contribution in [0.5, 0.6) is 0 Å². The molecule has 1 N–H and O–H groups in total. The maximum Gasteiger partial charge on any atom is 0.0467 e. The number of nitrogens with zero attached hydrogens (tertiary/aromatic N) is 1. The van der Waals surface area contributed by atoms with Crippen LogP contribution in [0.1, 0.15) is 32.9 Å². The molecule has 0 amide bonds. The van der Waals surface area contributed by atoms with Crippen LogP contribution < -0.4 is 5.32 Å². The topological polar surface area (TPSA) is 26.2 Å². The molecule has 0 atom stereocenters. The lowest BCUT2D eigenvalue weighted by Gasteiger charge is -2.24. The molecule has 1 aromatic rings. The van der Waals surface area contributed by atoms with E-state index in [1.165, 1.54) is 5.69 Å². The number of aromatic nitrogens is 1. The Kier molecular flexibility index (Phi) is 5.72. The molecule has 98 valence electrons. The van der Waals surface area contributed by atoms with Crippen LogP contribution in [0.15, 0.2) is 18.3 Å². The lowest BCUT2D eigenvalue weighted by Crippen LogP contribution is -2.30. The zero-order chi connectivity index (χ0) is 12.7. The fraction of sp³-hybridized carbons (Fsp3) is 0.714. The molecule has 0 aliphatic heterocycles. The van der Waals surface area contributed by atoms with Gasteiger partial charge in [0.25, 0.3) is 0 Å². The van der Waals surface area contributed by atoms with Crippen molar-refractivity contribution in [3.8, 4) is 0 Å². The summed E-state index contributed by atoms with van der Waals surface area (Å²) in [5.74, 6) is 0. The van der Waals surface area contributed by atoms with Crippen molar-refractivity contribution in [2.75, 3.05) is 20.3 Å². The SMILES string of the molecule is CCn1cccc1CNCC(C)(C)CCOC. The highest BCUT2D eigenvalue weighted by Crippen LogP contribution is 2.18. The van der Waals surface area contributed by atoms with Gasteiger partial charge >= 0.3 is 0 Å². The maximum absolute atomic E-state index is 5.13. The second-order valence-electron chi connectivity index (χ2n) is 5.30. The molecular weight excluding hydrogens is 212 g/mol.